The maximum atomic E-state index is 12.2. The second-order valence-electron chi connectivity index (χ2n) is 5.87. The average Bonchev–Trinajstić information content (AvgIpc) is 2.86. The van der Waals surface area contributed by atoms with Crippen molar-refractivity contribution in [1.29, 1.82) is 0 Å². The molecule has 2 saturated heterocycles. The molecule has 2 aliphatic heterocycles. The van der Waals surface area contributed by atoms with Crippen LogP contribution in [0.25, 0.3) is 0 Å². The van der Waals surface area contributed by atoms with Crippen LogP contribution >= 0.6 is 0 Å². The van der Waals surface area contributed by atoms with Crippen molar-refractivity contribution in [1.82, 2.24) is 14.7 Å². The number of carbonyl (C=O) groups is 1. The molecule has 0 bridgehead atoms. The number of likely N-dealkylation sites (N-methyl/N-ethyl adjacent to an activating group) is 1. The smallest absolute Gasteiger partial charge is 0.222 e. The third kappa shape index (κ3) is 3.19. The number of nitrogens with zero attached hydrogens (tertiary/aromatic N) is 3. The number of hydrogen-bond donors (Lipinski definition) is 0. The van der Waals surface area contributed by atoms with Crippen LogP contribution in [-0.4, -0.2) is 74.0 Å². The number of hydrogen-bond acceptors (Lipinski definition) is 3. The number of likely N-dealkylation sites (tertiary alicyclic amines) is 2. The van der Waals surface area contributed by atoms with Gasteiger partial charge in [-0.15, -0.1) is 0 Å². The molecule has 0 aliphatic carbocycles. The lowest BCUT2D eigenvalue weighted by Crippen LogP contribution is -2.35. The van der Waals surface area contributed by atoms with Crippen LogP contribution in [0.15, 0.2) is 0 Å². The molecule has 0 spiro atoms. The van der Waals surface area contributed by atoms with E-state index < -0.39 is 0 Å². The fourth-order valence-electron chi connectivity index (χ4n) is 2.96. The maximum absolute atomic E-state index is 12.2. The molecule has 0 saturated carbocycles. The molecule has 2 rings (SSSR count). The Kier molecular flexibility index (Phi) is 4.05. The van der Waals surface area contributed by atoms with E-state index in [9.17, 15) is 4.79 Å². The van der Waals surface area contributed by atoms with Gasteiger partial charge in [-0.1, -0.05) is 0 Å². The van der Waals surface area contributed by atoms with E-state index in [0.717, 1.165) is 39.0 Å². The van der Waals surface area contributed by atoms with E-state index in [1.165, 1.54) is 6.42 Å². The highest BCUT2D eigenvalue weighted by molar-refractivity contribution is 5.76. The fourth-order valence-corrected chi connectivity index (χ4v) is 2.96. The zero-order chi connectivity index (χ0) is 12.4. The van der Waals surface area contributed by atoms with E-state index in [1.807, 2.05) is 0 Å². The molecule has 0 unspecified atom stereocenters. The predicted octanol–water partition coefficient (Wildman–Crippen LogP) is 0.491. The van der Waals surface area contributed by atoms with Gasteiger partial charge in [-0.05, 0) is 46.4 Å². The van der Waals surface area contributed by atoms with E-state index in [-0.39, 0.29) is 0 Å². The number of rotatable bonds is 3. The summed E-state index contributed by atoms with van der Waals surface area (Å²) in [5.41, 5.74) is 0. The van der Waals surface area contributed by atoms with Crippen molar-refractivity contribution < 1.29 is 4.79 Å². The zero-order valence-electron chi connectivity index (χ0n) is 11.4. The number of amides is 1. The lowest BCUT2D eigenvalue weighted by Gasteiger charge is -2.21. The van der Waals surface area contributed by atoms with E-state index in [0.29, 0.717) is 17.9 Å². The Morgan fingerprint density at radius 2 is 2.00 bits per heavy atom. The van der Waals surface area contributed by atoms with Gasteiger partial charge in [-0.25, -0.2) is 0 Å². The van der Waals surface area contributed by atoms with E-state index >= 15 is 0 Å². The Balaban J connectivity index is 1.77. The first-order valence-corrected chi connectivity index (χ1v) is 6.69. The molecule has 2 atom stereocenters. The highest BCUT2D eigenvalue weighted by Gasteiger charge is 2.30. The summed E-state index contributed by atoms with van der Waals surface area (Å²) in [5, 5.41) is 0. The van der Waals surface area contributed by atoms with Gasteiger partial charge in [0.15, 0.2) is 0 Å². The molecule has 4 nitrogen and oxygen atoms in total. The molecule has 4 heteroatoms. The van der Waals surface area contributed by atoms with Crippen LogP contribution in [-0.2, 0) is 4.79 Å². The van der Waals surface area contributed by atoms with E-state index in [2.05, 4.69) is 35.8 Å². The highest BCUT2D eigenvalue weighted by Crippen LogP contribution is 2.21. The lowest BCUT2D eigenvalue weighted by molar-refractivity contribution is -0.131. The minimum atomic E-state index is 0.370. The van der Waals surface area contributed by atoms with Crippen LogP contribution < -0.4 is 0 Å². The van der Waals surface area contributed by atoms with Crippen LogP contribution in [0.5, 0.6) is 0 Å². The van der Waals surface area contributed by atoms with Gasteiger partial charge in [0.05, 0.1) is 0 Å². The summed E-state index contributed by atoms with van der Waals surface area (Å²) in [6.45, 7) is 4.12. The second kappa shape index (κ2) is 5.36. The Labute approximate surface area is 105 Å². The van der Waals surface area contributed by atoms with Crippen molar-refractivity contribution in [3.8, 4) is 0 Å². The first kappa shape index (κ1) is 12.8. The van der Waals surface area contributed by atoms with Crippen molar-refractivity contribution in [3.63, 3.8) is 0 Å². The Bertz CT molecular complexity index is 280. The largest absolute Gasteiger partial charge is 0.341 e. The molecule has 2 fully saturated rings. The molecule has 2 aliphatic rings. The zero-order valence-corrected chi connectivity index (χ0v) is 11.4. The van der Waals surface area contributed by atoms with Crippen LogP contribution in [0.4, 0.5) is 0 Å². The van der Waals surface area contributed by atoms with Crippen LogP contribution in [0, 0.1) is 5.92 Å². The Morgan fingerprint density at radius 3 is 2.53 bits per heavy atom. The van der Waals surface area contributed by atoms with Gasteiger partial charge in [-0.2, -0.15) is 0 Å². The third-order valence-corrected chi connectivity index (χ3v) is 4.20. The molecule has 0 N–H and O–H groups in total. The van der Waals surface area contributed by atoms with Crippen molar-refractivity contribution in [2.24, 2.45) is 5.92 Å². The third-order valence-electron chi connectivity index (χ3n) is 4.20. The van der Waals surface area contributed by atoms with Gasteiger partial charge in [-0.3, -0.25) is 4.79 Å². The Morgan fingerprint density at radius 1 is 1.24 bits per heavy atom. The van der Waals surface area contributed by atoms with Gasteiger partial charge in [0.2, 0.25) is 5.91 Å². The average molecular weight is 239 g/mol. The molecular formula is C13H25N3O. The number of carbonyl (C=O) groups excluding carboxylic acids is 1. The van der Waals surface area contributed by atoms with Crippen molar-refractivity contribution in [3.05, 3.63) is 0 Å². The molecule has 0 aromatic heterocycles. The quantitative estimate of drug-likeness (QED) is 0.717. The van der Waals surface area contributed by atoms with Crippen molar-refractivity contribution >= 4 is 5.91 Å². The second-order valence-corrected chi connectivity index (χ2v) is 5.87. The van der Waals surface area contributed by atoms with Crippen LogP contribution in [0.3, 0.4) is 0 Å². The topological polar surface area (TPSA) is 26.8 Å². The van der Waals surface area contributed by atoms with Gasteiger partial charge in [0.25, 0.3) is 0 Å². The lowest BCUT2D eigenvalue weighted by atomic mass is 10.0. The van der Waals surface area contributed by atoms with Gasteiger partial charge < -0.3 is 14.7 Å². The standard InChI is InChI=1S/C13H25N3O/c1-14(2)12-5-7-16(10-12)13(17)8-11-4-6-15(3)9-11/h11-12H,4-10H2,1-3H3/t11-,12+/m0/s1. The summed E-state index contributed by atoms with van der Waals surface area (Å²) in [7, 11) is 6.34. The molecular weight excluding hydrogens is 214 g/mol. The summed E-state index contributed by atoms with van der Waals surface area (Å²) in [5.74, 6) is 0.959. The normalized spacial score (nSPS) is 30.5. The van der Waals surface area contributed by atoms with Gasteiger partial charge in [0, 0.05) is 32.1 Å². The first-order valence-electron chi connectivity index (χ1n) is 6.69. The van der Waals surface area contributed by atoms with E-state index in [1.54, 1.807) is 0 Å². The van der Waals surface area contributed by atoms with Crippen molar-refractivity contribution in [2.45, 2.75) is 25.3 Å². The molecule has 98 valence electrons. The van der Waals surface area contributed by atoms with Gasteiger partial charge in [0.1, 0.15) is 0 Å². The van der Waals surface area contributed by atoms with Gasteiger partial charge >= 0.3 is 0 Å². The Hall–Kier alpha value is -0.610. The highest BCUT2D eigenvalue weighted by atomic mass is 16.2. The summed E-state index contributed by atoms with van der Waals surface area (Å²) in [4.78, 5) is 18.8. The summed E-state index contributed by atoms with van der Waals surface area (Å²) >= 11 is 0. The summed E-state index contributed by atoms with van der Waals surface area (Å²) < 4.78 is 0. The van der Waals surface area contributed by atoms with Crippen LogP contribution in [0.2, 0.25) is 0 Å². The molecule has 1 amide bonds. The molecule has 0 aromatic carbocycles. The van der Waals surface area contributed by atoms with Crippen LogP contribution in [0.1, 0.15) is 19.3 Å². The molecule has 0 radical (unpaired) electrons. The van der Waals surface area contributed by atoms with E-state index in [4.69, 9.17) is 0 Å². The monoisotopic (exact) mass is 239 g/mol. The first-order chi connectivity index (χ1) is 8.06. The summed E-state index contributed by atoms with van der Waals surface area (Å²) in [6, 6.07) is 0.560. The fraction of sp³-hybridized carbons (Fsp3) is 0.923. The molecule has 17 heavy (non-hydrogen) atoms. The maximum Gasteiger partial charge on any atom is 0.222 e. The predicted molar refractivity (Wildman–Crippen MR) is 68.9 cm³/mol. The minimum Gasteiger partial charge on any atom is -0.341 e. The van der Waals surface area contributed by atoms with Crippen molar-refractivity contribution in [2.75, 3.05) is 47.3 Å². The minimum absolute atomic E-state index is 0.370. The summed E-state index contributed by atoms with van der Waals surface area (Å²) in [6.07, 6.45) is 3.07. The molecule has 2 heterocycles. The molecule has 0 aromatic rings. The SMILES string of the molecule is CN1CC[C@@H](CC(=O)N2CC[C@@H](N(C)C)C2)C1.